The normalized spacial score (nSPS) is 10.7. The molecule has 0 bridgehead atoms. The van der Waals surface area contributed by atoms with Gasteiger partial charge in [0.2, 0.25) is 11.8 Å². The van der Waals surface area contributed by atoms with Gasteiger partial charge in [-0.1, -0.05) is 13.8 Å². The van der Waals surface area contributed by atoms with Crippen molar-refractivity contribution in [2.75, 3.05) is 21.3 Å². The van der Waals surface area contributed by atoms with Crippen molar-refractivity contribution in [1.82, 2.24) is 14.9 Å². The molecule has 2 aromatic rings. The molecule has 2 rings (SSSR count). The Kier molecular flexibility index (Phi) is 5.54. The maximum Gasteiger partial charge on any atom is 0.259 e. The summed E-state index contributed by atoms with van der Waals surface area (Å²) >= 11 is 1.62. The average molecular weight is 335 g/mol. The molecular weight excluding hydrogens is 314 g/mol. The number of ether oxygens (including phenoxy) is 2. The summed E-state index contributed by atoms with van der Waals surface area (Å²) in [4.78, 5) is 22.9. The van der Waals surface area contributed by atoms with Crippen molar-refractivity contribution in [2.45, 2.75) is 26.3 Å². The molecule has 1 amide bonds. The highest BCUT2D eigenvalue weighted by Crippen LogP contribution is 2.23. The minimum atomic E-state index is -0.170. The van der Waals surface area contributed by atoms with Crippen LogP contribution in [-0.4, -0.2) is 42.0 Å². The van der Waals surface area contributed by atoms with E-state index < -0.39 is 0 Å². The summed E-state index contributed by atoms with van der Waals surface area (Å²) in [6.07, 6.45) is 0. The molecule has 0 spiro atoms. The van der Waals surface area contributed by atoms with Crippen LogP contribution in [0, 0.1) is 0 Å². The van der Waals surface area contributed by atoms with Gasteiger partial charge in [-0.2, -0.15) is 4.98 Å². The van der Waals surface area contributed by atoms with Crippen LogP contribution in [0.1, 0.15) is 40.8 Å². The van der Waals surface area contributed by atoms with Gasteiger partial charge in [0, 0.05) is 24.4 Å². The molecule has 0 fully saturated rings. The molecule has 2 heterocycles. The summed E-state index contributed by atoms with van der Waals surface area (Å²) in [6.45, 7) is 4.65. The van der Waals surface area contributed by atoms with E-state index in [4.69, 9.17) is 9.47 Å². The Hall–Kier alpha value is -2.15. The topological polar surface area (TPSA) is 64.5 Å². The van der Waals surface area contributed by atoms with Crippen molar-refractivity contribution in [2.24, 2.45) is 0 Å². The number of nitrogens with zero attached hydrogens (tertiary/aromatic N) is 3. The second-order valence-corrected chi connectivity index (χ2v) is 6.29. The van der Waals surface area contributed by atoms with Gasteiger partial charge in [-0.15, -0.1) is 11.3 Å². The van der Waals surface area contributed by atoms with E-state index in [0.717, 1.165) is 10.7 Å². The lowest BCUT2D eigenvalue weighted by atomic mass is 10.2. The van der Waals surface area contributed by atoms with Crippen LogP contribution in [0.25, 0.3) is 0 Å². The predicted octanol–water partition coefficient (Wildman–Crippen LogP) is 2.95. The molecule has 6 nitrogen and oxygen atoms in total. The fraction of sp³-hybridized carbons (Fsp3) is 0.438. The lowest BCUT2D eigenvalue weighted by Gasteiger charge is -2.17. The van der Waals surface area contributed by atoms with Crippen molar-refractivity contribution < 1.29 is 14.3 Å². The number of aromatic nitrogens is 2. The summed E-state index contributed by atoms with van der Waals surface area (Å²) in [5.41, 5.74) is 1.28. The van der Waals surface area contributed by atoms with Gasteiger partial charge in [0.15, 0.2) is 0 Å². The van der Waals surface area contributed by atoms with E-state index in [2.05, 4.69) is 23.8 Å². The standard InChI is InChI=1S/C16H21N3O3S/c1-10(2)15-17-11(9-23-15)8-19(3)16(20)12-6-7-13(21-4)18-14(12)22-5/h6-7,9-10H,8H2,1-5H3. The van der Waals surface area contributed by atoms with E-state index in [1.54, 1.807) is 35.4 Å². The number of hydrogen-bond donors (Lipinski definition) is 0. The largest absolute Gasteiger partial charge is 0.481 e. The number of thiazole rings is 1. The third-order valence-corrected chi connectivity index (χ3v) is 4.47. The molecule has 0 saturated heterocycles. The van der Waals surface area contributed by atoms with Crippen molar-refractivity contribution in [3.63, 3.8) is 0 Å². The van der Waals surface area contributed by atoms with Crippen molar-refractivity contribution in [1.29, 1.82) is 0 Å². The zero-order valence-corrected chi connectivity index (χ0v) is 14.8. The highest BCUT2D eigenvalue weighted by Gasteiger charge is 2.19. The summed E-state index contributed by atoms with van der Waals surface area (Å²) in [7, 11) is 4.73. The van der Waals surface area contributed by atoms with Crippen LogP contribution in [0.3, 0.4) is 0 Å². The third-order valence-electron chi connectivity index (χ3n) is 3.28. The lowest BCUT2D eigenvalue weighted by Crippen LogP contribution is -2.27. The molecule has 0 aliphatic rings. The molecule has 0 aromatic carbocycles. The average Bonchev–Trinajstić information content (AvgIpc) is 3.02. The Morgan fingerprint density at radius 1 is 1.26 bits per heavy atom. The Balaban J connectivity index is 2.15. The van der Waals surface area contributed by atoms with E-state index in [-0.39, 0.29) is 11.8 Å². The molecule has 124 valence electrons. The molecule has 0 radical (unpaired) electrons. The number of methoxy groups -OCH3 is 2. The highest BCUT2D eigenvalue weighted by atomic mass is 32.1. The molecule has 7 heteroatoms. The van der Waals surface area contributed by atoms with Gasteiger partial charge >= 0.3 is 0 Å². The molecule has 0 N–H and O–H groups in total. The van der Waals surface area contributed by atoms with Gasteiger partial charge in [0.25, 0.3) is 5.91 Å². The minimum Gasteiger partial charge on any atom is -0.481 e. The maximum atomic E-state index is 12.6. The Morgan fingerprint density at radius 3 is 2.57 bits per heavy atom. The number of amides is 1. The van der Waals surface area contributed by atoms with Crippen molar-refractivity contribution >= 4 is 17.2 Å². The van der Waals surface area contributed by atoms with E-state index in [0.29, 0.717) is 23.9 Å². The minimum absolute atomic E-state index is 0.170. The van der Waals surface area contributed by atoms with E-state index in [1.807, 2.05) is 5.38 Å². The van der Waals surface area contributed by atoms with Crippen LogP contribution in [0.5, 0.6) is 11.8 Å². The van der Waals surface area contributed by atoms with Crippen LogP contribution in [0.2, 0.25) is 0 Å². The second kappa shape index (κ2) is 7.41. The first kappa shape index (κ1) is 17.2. The zero-order valence-electron chi connectivity index (χ0n) is 14.0. The van der Waals surface area contributed by atoms with Crippen LogP contribution in [0.4, 0.5) is 0 Å². The molecule has 0 atom stereocenters. The van der Waals surface area contributed by atoms with E-state index in [1.165, 1.54) is 14.2 Å². The number of carbonyl (C=O) groups is 1. The molecule has 2 aromatic heterocycles. The molecular formula is C16H21N3O3S. The van der Waals surface area contributed by atoms with Crippen molar-refractivity contribution in [3.8, 4) is 11.8 Å². The predicted molar refractivity (Wildman–Crippen MR) is 89.3 cm³/mol. The summed E-state index contributed by atoms with van der Waals surface area (Å²) < 4.78 is 10.2. The first-order chi connectivity index (χ1) is 11.0. The number of pyridine rings is 1. The van der Waals surface area contributed by atoms with Gasteiger partial charge in [0.1, 0.15) is 5.56 Å². The molecule has 0 aliphatic heterocycles. The summed E-state index contributed by atoms with van der Waals surface area (Å²) in [5, 5.41) is 3.06. The quantitative estimate of drug-likeness (QED) is 0.812. The van der Waals surface area contributed by atoms with Crippen molar-refractivity contribution in [3.05, 3.63) is 33.8 Å². The molecule has 0 saturated carbocycles. The fourth-order valence-corrected chi connectivity index (χ4v) is 2.86. The monoisotopic (exact) mass is 335 g/mol. The molecule has 23 heavy (non-hydrogen) atoms. The zero-order chi connectivity index (χ0) is 17.0. The van der Waals surface area contributed by atoms with Gasteiger partial charge < -0.3 is 14.4 Å². The first-order valence-corrected chi connectivity index (χ1v) is 8.13. The highest BCUT2D eigenvalue weighted by molar-refractivity contribution is 7.09. The lowest BCUT2D eigenvalue weighted by molar-refractivity contribution is 0.0779. The van der Waals surface area contributed by atoms with Gasteiger partial charge in [-0.3, -0.25) is 4.79 Å². The second-order valence-electron chi connectivity index (χ2n) is 5.40. The molecule has 0 unspecified atom stereocenters. The Bertz CT molecular complexity index is 685. The molecule has 0 aliphatic carbocycles. The van der Waals surface area contributed by atoms with Gasteiger partial charge in [0.05, 0.1) is 31.5 Å². The fourth-order valence-electron chi connectivity index (χ4n) is 2.04. The summed E-state index contributed by atoms with van der Waals surface area (Å²) in [5.74, 6) is 0.876. The maximum absolute atomic E-state index is 12.6. The van der Waals surface area contributed by atoms with Crippen LogP contribution >= 0.6 is 11.3 Å². The van der Waals surface area contributed by atoms with Crippen LogP contribution in [-0.2, 0) is 6.54 Å². The number of hydrogen-bond acceptors (Lipinski definition) is 6. The summed E-state index contributed by atoms with van der Waals surface area (Å²) in [6, 6.07) is 3.30. The Morgan fingerprint density at radius 2 is 2.00 bits per heavy atom. The third kappa shape index (κ3) is 3.98. The number of carbonyl (C=O) groups excluding carboxylic acids is 1. The van der Waals surface area contributed by atoms with E-state index in [9.17, 15) is 4.79 Å². The van der Waals surface area contributed by atoms with Gasteiger partial charge in [-0.05, 0) is 6.07 Å². The SMILES string of the molecule is COc1ccc(C(=O)N(C)Cc2csc(C(C)C)n2)c(OC)n1. The van der Waals surface area contributed by atoms with Gasteiger partial charge in [-0.25, -0.2) is 4.98 Å². The smallest absolute Gasteiger partial charge is 0.259 e. The Labute approximate surface area is 140 Å². The van der Waals surface area contributed by atoms with Crippen LogP contribution in [0.15, 0.2) is 17.5 Å². The van der Waals surface area contributed by atoms with Crippen LogP contribution < -0.4 is 9.47 Å². The van der Waals surface area contributed by atoms with E-state index >= 15 is 0 Å². The number of rotatable bonds is 6. The first-order valence-electron chi connectivity index (χ1n) is 7.25.